The lowest BCUT2D eigenvalue weighted by molar-refractivity contribution is -0.118. The van der Waals surface area contributed by atoms with Crippen LogP contribution in [-0.4, -0.2) is 22.3 Å². The van der Waals surface area contributed by atoms with Crippen molar-refractivity contribution in [3.05, 3.63) is 77.3 Å². The summed E-state index contributed by atoms with van der Waals surface area (Å²) < 4.78 is 19.9. The molecule has 0 saturated carbocycles. The molecule has 5 nitrogen and oxygen atoms in total. The number of carbonyl (C=O) groups is 1. The number of amides is 1. The van der Waals surface area contributed by atoms with Crippen LogP contribution in [0.15, 0.2) is 60.9 Å². The predicted octanol–water partition coefficient (Wildman–Crippen LogP) is 3.74. The average Bonchev–Trinajstić information content (AvgIpc) is 3.03. The molecule has 1 amide bonds. The van der Waals surface area contributed by atoms with Crippen LogP contribution < -0.4 is 10.1 Å². The molecule has 0 aliphatic heterocycles. The quantitative estimate of drug-likeness (QED) is 0.729. The Kier molecular flexibility index (Phi) is 5.30. The topological polar surface area (TPSA) is 56.1 Å². The zero-order valence-corrected chi connectivity index (χ0v) is 13.9. The molecule has 0 spiro atoms. The van der Waals surface area contributed by atoms with Crippen LogP contribution in [0, 0.1) is 5.82 Å². The van der Waals surface area contributed by atoms with E-state index in [9.17, 15) is 9.18 Å². The van der Waals surface area contributed by atoms with Gasteiger partial charge in [0.05, 0.1) is 23.5 Å². The zero-order chi connectivity index (χ0) is 17.6. The number of hydrogen-bond acceptors (Lipinski definition) is 3. The zero-order valence-electron chi connectivity index (χ0n) is 13.2. The first-order valence-corrected chi connectivity index (χ1v) is 7.92. The molecule has 3 rings (SSSR count). The summed E-state index contributed by atoms with van der Waals surface area (Å²) >= 11 is 5.96. The van der Waals surface area contributed by atoms with Gasteiger partial charge in [-0.25, -0.2) is 4.39 Å². The van der Waals surface area contributed by atoms with Gasteiger partial charge in [0.25, 0.3) is 5.91 Å². The van der Waals surface area contributed by atoms with Gasteiger partial charge in [-0.2, -0.15) is 5.10 Å². The Bertz CT molecular complexity index is 865. The smallest absolute Gasteiger partial charge is 0.262 e. The molecule has 25 heavy (non-hydrogen) atoms. The van der Waals surface area contributed by atoms with Crippen molar-refractivity contribution in [3.8, 4) is 5.75 Å². The van der Waals surface area contributed by atoms with E-state index in [2.05, 4.69) is 10.4 Å². The summed E-state index contributed by atoms with van der Waals surface area (Å²) in [6.45, 7) is 0.319. The Morgan fingerprint density at radius 3 is 2.72 bits per heavy atom. The number of rotatable bonds is 6. The molecule has 0 fully saturated rings. The fraction of sp³-hybridized carbons (Fsp3) is 0.111. The van der Waals surface area contributed by atoms with Gasteiger partial charge in [-0.3, -0.25) is 9.48 Å². The molecular formula is C18H15ClFN3O2. The van der Waals surface area contributed by atoms with Crippen molar-refractivity contribution in [2.24, 2.45) is 0 Å². The summed E-state index contributed by atoms with van der Waals surface area (Å²) in [5.41, 5.74) is 1.46. The third kappa shape index (κ3) is 4.81. The van der Waals surface area contributed by atoms with Crippen LogP contribution >= 0.6 is 11.6 Å². The van der Waals surface area contributed by atoms with Crippen LogP contribution in [0.5, 0.6) is 5.75 Å². The molecule has 0 atom stereocenters. The third-order valence-corrected chi connectivity index (χ3v) is 3.68. The SMILES string of the molecule is O=C(COc1ccccc1Cl)Nc1cnn(Cc2ccc(F)cc2)c1. The van der Waals surface area contributed by atoms with Crippen molar-refractivity contribution in [3.63, 3.8) is 0 Å². The highest BCUT2D eigenvalue weighted by Crippen LogP contribution is 2.22. The van der Waals surface area contributed by atoms with E-state index in [4.69, 9.17) is 16.3 Å². The Hall–Kier alpha value is -2.86. The normalized spacial score (nSPS) is 10.5. The molecule has 128 valence electrons. The number of ether oxygens (including phenoxy) is 1. The molecule has 0 radical (unpaired) electrons. The molecule has 1 aromatic heterocycles. The average molecular weight is 360 g/mol. The number of benzene rings is 2. The number of nitrogens with zero attached hydrogens (tertiary/aromatic N) is 2. The van der Waals surface area contributed by atoms with Crippen LogP contribution in [0.2, 0.25) is 5.02 Å². The maximum absolute atomic E-state index is 12.9. The van der Waals surface area contributed by atoms with E-state index in [1.54, 1.807) is 47.3 Å². The van der Waals surface area contributed by atoms with E-state index in [0.717, 1.165) is 5.56 Å². The minimum absolute atomic E-state index is 0.160. The van der Waals surface area contributed by atoms with Crippen molar-refractivity contribution in [2.45, 2.75) is 6.54 Å². The van der Waals surface area contributed by atoms with Crippen molar-refractivity contribution in [2.75, 3.05) is 11.9 Å². The standard InChI is InChI=1S/C18H15ClFN3O2/c19-16-3-1-2-4-17(16)25-12-18(24)22-15-9-21-23(11-15)10-13-5-7-14(20)8-6-13/h1-9,11H,10,12H2,(H,22,24). The highest BCUT2D eigenvalue weighted by molar-refractivity contribution is 6.32. The first-order valence-electron chi connectivity index (χ1n) is 7.54. The van der Waals surface area contributed by atoms with Crippen molar-refractivity contribution < 1.29 is 13.9 Å². The summed E-state index contributed by atoms with van der Waals surface area (Å²) in [6, 6.07) is 13.1. The van der Waals surface area contributed by atoms with Crippen LogP contribution in [0.25, 0.3) is 0 Å². The van der Waals surface area contributed by atoms with Crippen LogP contribution in [0.4, 0.5) is 10.1 Å². The summed E-state index contributed by atoms with van der Waals surface area (Å²) in [5, 5.41) is 7.31. The van der Waals surface area contributed by atoms with Crippen molar-refractivity contribution in [1.29, 1.82) is 0 Å². The maximum Gasteiger partial charge on any atom is 0.262 e. The molecule has 0 aliphatic carbocycles. The van der Waals surface area contributed by atoms with E-state index < -0.39 is 0 Å². The number of carbonyl (C=O) groups excluding carboxylic acids is 1. The van der Waals surface area contributed by atoms with Crippen molar-refractivity contribution >= 4 is 23.2 Å². The summed E-state index contributed by atoms with van der Waals surface area (Å²) in [5.74, 6) is -0.150. The molecule has 1 heterocycles. The Balaban J connectivity index is 1.53. The van der Waals surface area contributed by atoms with Gasteiger partial charge >= 0.3 is 0 Å². The lowest BCUT2D eigenvalue weighted by Gasteiger charge is -2.07. The van der Waals surface area contributed by atoms with Crippen LogP contribution in [0.3, 0.4) is 0 Å². The largest absolute Gasteiger partial charge is 0.482 e. The van der Waals surface area contributed by atoms with E-state index in [-0.39, 0.29) is 18.3 Å². The molecule has 1 N–H and O–H groups in total. The molecule has 0 unspecified atom stereocenters. The van der Waals surface area contributed by atoms with Gasteiger partial charge in [0.15, 0.2) is 6.61 Å². The monoisotopic (exact) mass is 359 g/mol. The van der Waals surface area contributed by atoms with E-state index in [1.807, 2.05) is 0 Å². The summed E-state index contributed by atoms with van der Waals surface area (Å²) in [6.07, 6.45) is 3.23. The molecular weight excluding hydrogens is 345 g/mol. The molecule has 0 aliphatic rings. The van der Waals surface area contributed by atoms with E-state index >= 15 is 0 Å². The van der Waals surface area contributed by atoms with Crippen LogP contribution in [-0.2, 0) is 11.3 Å². The van der Waals surface area contributed by atoms with Gasteiger partial charge in [0, 0.05) is 6.20 Å². The fourth-order valence-corrected chi connectivity index (χ4v) is 2.38. The first kappa shape index (κ1) is 17.0. The first-order chi connectivity index (χ1) is 12.1. The molecule has 0 bridgehead atoms. The summed E-state index contributed by atoms with van der Waals surface area (Å²) in [4.78, 5) is 11.9. The molecule has 2 aromatic carbocycles. The number of hydrogen-bond donors (Lipinski definition) is 1. The molecule has 0 saturated heterocycles. The fourth-order valence-electron chi connectivity index (χ4n) is 2.19. The number of anilines is 1. The highest BCUT2D eigenvalue weighted by Gasteiger charge is 2.07. The second kappa shape index (κ2) is 7.81. The van der Waals surface area contributed by atoms with E-state index in [1.165, 1.54) is 18.3 Å². The van der Waals surface area contributed by atoms with Crippen molar-refractivity contribution in [1.82, 2.24) is 9.78 Å². The second-order valence-corrected chi connectivity index (χ2v) is 5.73. The Labute approximate surface area is 149 Å². The van der Waals surface area contributed by atoms with Gasteiger partial charge in [-0.1, -0.05) is 35.9 Å². The number of halogens is 2. The maximum atomic E-state index is 12.9. The molecule has 7 heteroatoms. The molecule has 3 aromatic rings. The predicted molar refractivity (Wildman–Crippen MR) is 93.3 cm³/mol. The summed E-state index contributed by atoms with van der Waals surface area (Å²) in [7, 11) is 0. The number of para-hydroxylation sites is 1. The minimum Gasteiger partial charge on any atom is -0.482 e. The number of nitrogens with one attached hydrogen (secondary N) is 1. The minimum atomic E-state index is -0.318. The van der Waals surface area contributed by atoms with E-state index in [0.29, 0.717) is 23.0 Å². The van der Waals surface area contributed by atoms with Gasteiger partial charge in [0.2, 0.25) is 0 Å². The Morgan fingerprint density at radius 2 is 1.96 bits per heavy atom. The second-order valence-electron chi connectivity index (χ2n) is 5.32. The number of aromatic nitrogens is 2. The van der Waals surface area contributed by atoms with Gasteiger partial charge < -0.3 is 10.1 Å². The van der Waals surface area contributed by atoms with Gasteiger partial charge in [0.1, 0.15) is 11.6 Å². The third-order valence-electron chi connectivity index (χ3n) is 3.37. The van der Waals surface area contributed by atoms with Crippen LogP contribution in [0.1, 0.15) is 5.56 Å². The van der Waals surface area contributed by atoms with Gasteiger partial charge in [-0.05, 0) is 29.8 Å². The lowest BCUT2D eigenvalue weighted by Crippen LogP contribution is -2.20. The lowest BCUT2D eigenvalue weighted by atomic mass is 10.2. The Morgan fingerprint density at radius 1 is 1.20 bits per heavy atom. The highest BCUT2D eigenvalue weighted by atomic mass is 35.5. The van der Waals surface area contributed by atoms with Gasteiger partial charge in [-0.15, -0.1) is 0 Å².